The van der Waals surface area contributed by atoms with Crippen molar-refractivity contribution in [2.75, 3.05) is 30.3 Å². The molecule has 1 amide bonds. The van der Waals surface area contributed by atoms with Crippen molar-refractivity contribution >= 4 is 17.5 Å². The van der Waals surface area contributed by atoms with Crippen molar-refractivity contribution in [3.05, 3.63) is 18.2 Å². The molecule has 0 saturated heterocycles. The molecule has 0 saturated carbocycles. The minimum atomic E-state index is -0.0156. The fourth-order valence-corrected chi connectivity index (χ4v) is 1.31. The Morgan fingerprint density at radius 3 is 2.41 bits per heavy atom. The molecule has 0 aromatic carbocycles. The van der Waals surface area contributed by atoms with E-state index in [4.69, 9.17) is 0 Å². The first kappa shape index (κ1) is 13.3. The van der Waals surface area contributed by atoms with Crippen LogP contribution in [0.25, 0.3) is 0 Å². The van der Waals surface area contributed by atoms with E-state index < -0.39 is 0 Å². The van der Waals surface area contributed by atoms with Crippen LogP contribution in [0.5, 0.6) is 0 Å². The SMILES string of the molecule is CCCNc1cccc(NCCNC(C)=O)n1. The van der Waals surface area contributed by atoms with E-state index in [1.54, 1.807) is 0 Å². The third-order valence-electron chi connectivity index (χ3n) is 2.11. The zero-order valence-electron chi connectivity index (χ0n) is 10.4. The van der Waals surface area contributed by atoms with Crippen molar-refractivity contribution in [3.8, 4) is 0 Å². The maximum absolute atomic E-state index is 10.7. The topological polar surface area (TPSA) is 66.0 Å². The average Bonchev–Trinajstić information content (AvgIpc) is 2.32. The maximum Gasteiger partial charge on any atom is 0.216 e. The molecule has 0 aliphatic carbocycles. The van der Waals surface area contributed by atoms with E-state index in [9.17, 15) is 4.79 Å². The van der Waals surface area contributed by atoms with Gasteiger partial charge in [0.25, 0.3) is 0 Å². The molecule has 0 aliphatic rings. The Balaban J connectivity index is 2.34. The number of anilines is 2. The van der Waals surface area contributed by atoms with Crippen molar-refractivity contribution < 1.29 is 4.79 Å². The number of nitrogens with zero attached hydrogens (tertiary/aromatic N) is 1. The second-order valence-electron chi connectivity index (χ2n) is 3.74. The molecule has 3 N–H and O–H groups in total. The molecular formula is C12H20N4O. The van der Waals surface area contributed by atoms with Gasteiger partial charge in [0.2, 0.25) is 5.91 Å². The zero-order valence-corrected chi connectivity index (χ0v) is 10.4. The van der Waals surface area contributed by atoms with Gasteiger partial charge in [0.05, 0.1) is 0 Å². The molecule has 0 atom stereocenters. The van der Waals surface area contributed by atoms with Gasteiger partial charge in [-0.15, -0.1) is 0 Å². The lowest BCUT2D eigenvalue weighted by Gasteiger charge is -2.08. The Bertz CT molecular complexity index is 354. The molecule has 1 rings (SSSR count). The Hall–Kier alpha value is -1.78. The van der Waals surface area contributed by atoms with Crippen LogP contribution in [0.15, 0.2) is 18.2 Å². The van der Waals surface area contributed by atoms with Gasteiger partial charge in [0.1, 0.15) is 11.6 Å². The standard InChI is InChI=1S/C12H20N4O/c1-3-7-14-11-5-4-6-12(16-11)15-9-8-13-10(2)17/h4-6H,3,7-9H2,1-2H3,(H,13,17)(H2,14,15,16). The third-order valence-corrected chi connectivity index (χ3v) is 2.11. The summed E-state index contributed by atoms with van der Waals surface area (Å²) < 4.78 is 0. The zero-order chi connectivity index (χ0) is 12.5. The number of pyridine rings is 1. The van der Waals surface area contributed by atoms with Crippen molar-refractivity contribution in [2.24, 2.45) is 0 Å². The van der Waals surface area contributed by atoms with Crippen LogP contribution in [0.2, 0.25) is 0 Å². The highest BCUT2D eigenvalue weighted by molar-refractivity contribution is 5.72. The molecule has 17 heavy (non-hydrogen) atoms. The molecule has 1 aromatic heterocycles. The third kappa shape index (κ3) is 5.75. The Labute approximate surface area is 102 Å². The molecule has 0 bridgehead atoms. The summed E-state index contributed by atoms with van der Waals surface area (Å²) in [5.41, 5.74) is 0. The van der Waals surface area contributed by atoms with Crippen LogP contribution in [0.4, 0.5) is 11.6 Å². The van der Waals surface area contributed by atoms with Crippen LogP contribution >= 0.6 is 0 Å². The second kappa shape index (κ2) is 7.49. The van der Waals surface area contributed by atoms with Crippen molar-refractivity contribution in [1.29, 1.82) is 0 Å². The average molecular weight is 236 g/mol. The minimum Gasteiger partial charge on any atom is -0.370 e. The highest BCUT2D eigenvalue weighted by Crippen LogP contribution is 2.08. The van der Waals surface area contributed by atoms with E-state index in [2.05, 4.69) is 27.9 Å². The monoisotopic (exact) mass is 236 g/mol. The van der Waals surface area contributed by atoms with Crippen LogP contribution in [0, 0.1) is 0 Å². The van der Waals surface area contributed by atoms with Gasteiger partial charge in [0.15, 0.2) is 0 Å². The van der Waals surface area contributed by atoms with Gasteiger partial charge in [-0.2, -0.15) is 0 Å². The van der Waals surface area contributed by atoms with Crippen molar-refractivity contribution in [3.63, 3.8) is 0 Å². The van der Waals surface area contributed by atoms with Gasteiger partial charge in [-0.25, -0.2) is 4.98 Å². The first-order valence-electron chi connectivity index (χ1n) is 5.91. The number of amides is 1. The van der Waals surface area contributed by atoms with E-state index in [1.165, 1.54) is 6.92 Å². The van der Waals surface area contributed by atoms with Crippen LogP contribution in [-0.2, 0) is 4.79 Å². The molecule has 0 spiro atoms. The predicted molar refractivity (Wildman–Crippen MR) is 70.2 cm³/mol. The molecule has 5 heteroatoms. The van der Waals surface area contributed by atoms with E-state index >= 15 is 0 Å². The lowest BCUT2D eigenvalue weighted by Crippen LogP contribution is -2.26. The summed E-state index contributed by atoms with van der Waals surface area (Å²) in [5, 5.41) is 9.09. The summed E-state index contributed by atoms with van der Waals surface area (Å²) in [7, 11) is 0. The summed E-state index contributed by atoms with van der Waals surface area (Å²) in [6, 6.07) is 5.80. The maximum atomic E-state index is 10.7. The summed E-state index contributed by atoms with van der Waals surface area (Å²) >= 11 is 0. The van der Waals surface area contributed by atoms with Gasteiger partial charge in [0, 0.05) is 26.6 Å². The molecule has 0 unspecified atom stereocenters. The van der Waals surface area contributed by atoms with Crippen LogP contribution in [0.3, 0.4) is 0 Å². The second-order valence-corrected chi connectivity index (χ2v) is 3.74. The van der Waals surface area contributed by atoms with Crippen LogP contribution < -0.4 is 16.0 Å². The highest BCUT2D eigenvalue weighted by atomic mass is 16.1. The number of carbonyl (C=O) groups is 1. The lowest BCUT2D eigenvalue weighted by molar-refractivity contribution is -0.118. The van der Waals surface area contributed by atoms with E-state index in [0.717, 1.165) is 24.6 Å². The Kier molecular flexibility index (Phi) is 5.85. The molecule has 0 aliphatic heterocycles. The Morgan fingerprint density at radius 1 is 1.18 bits per heavy atom. The first-order valence-corrected chi connectivity index (χ1v) is 5.91. The van der Waals surface area contributed by atoms with Gasteiger partial charge in [-0.05, 0) is 18.6 Å². The minimum absolute atomic E-state index is 0.0156. The Morgan fingerprint density at radius 2 is 1.82 bits per heavy atom. The quantitative estimate of drug-likeness (QED) is 0.627. The van der Waals surface area contributed by atoms with Crippen molar-refractivity contribution in [1.82, 2.24) is 10.3 Å². The number of aromatic nitrogens is 1. The lowest BCUT2D eigenvalue weighted by atomic mass is 10.4. The molecule has 0 radical (unpaired) electrons. The van der Waals surface area contributed by atoms with Crippen LogP contribution in [-0.4, -0.2) is 30.5 Å². The van der Waals surface area contributed by atoms with Gasteiger partial charge in [-0.1, -0.05) is 13.0 Å². The summed E-state index contributed by atoms with van der Waals surface area (Å²) in [5.74, 6) is 1.67. The van der Waals surface area contributed by atoms with E-state index in [0.29, 0.717) is 13.1 Å². The number of hydrogen-bond donors (Lipinski definition) is 3. The van der Waals surface area contributed by atoms with Gasteiger partial charge >= 0.3 is 0 Å². The van der Waals surface area contributed by atoms with E-state index in [-0.39, 0.29) is 5.91 Å². The summed E-state index contributed by atoms with van der Waals surface area (Å²) in [6.45, 7) is 5.81. The summed E-state index contributed by atoms with van der Waals surface area (Å²) in [4.78, 5) is 15.1. The van der Waals surface area contributed by atoms with E-state index in [1.807, 2.05) is 18.2 Å². The molecule has 1 aromatic rings. The molecule has 94 valence electrons. The predicted octanol–water partition coefficient (Wildman–Crippen LogP) is 1.45. The highest BCUT2D eigenvalue weighted by Gasteiger charge is 1.96. The normalized spacial score (nSPS) is 9.76. The number of nitrogens with one attached hydrogen (secondary N) is 3. The fourth-order valence-electron chi connectivity index (χ4n) is 1.31. The molecular weight excluding hydrogens is 216 g/mol. The van der Waals surface area contributed by atoms with Crippen molar-refractivity contribution in [2.45, 2.75) is 20.3 Å². The first-order chi connectivity index (χ1) is 8.22. The smallest absolute Gasteiger partial charge is 0.216 e. The number of rotatable bonds is 7. The number of hydrogen-bond acceptors (Lipinski definition) is 4. The van der Waals surface area contributed by atoms with Crippen LogP contribution in [0.1, 0.15) is 20.3 Å². The van der Waals surface area contributed by atoms with Gasteiger partial charge < -0.3 is 16.0 Å². The largest absolute Gasteiger partial charge is 0.370 e. The molecule has 0 fully saturated rings. The fraction of sp³-hybridized carbons (Fsp3) is 0.500. The summed E-state index contributed by atoms with van der Waals surface area (Å²) in [6.07, 6.45) is 1.07. The molecule has 5 nitrogen and oxygen atoms in total. The number of carbonyl (C=O) groups excluding carboxylic acids is 1. The van der Waals surface area contributed by atoms with Gasteiger partial charge in [-0.3, -0.25) is 4.79 Å². The molecule has 1 heterocycles.